The van der Waals surface area contributed by atoms with Crippen LogP contribution in [0.4, 0.5) is 0 Å². The number of nitrogens with one attached hydrogen (secondary N) is 1. The van der Waals surface area contributed by atoms with Crippen molar-refractivity contribution in [1.82, 2.24) is 4.72 Å². The van der Waals surface area contributed by atoms with Crippen LogP contribution in [0.1, 0.15) is 0 Å². The van der Waals surface area contributed by atoms with Gasteiger partial charge in [-0.25, -0.2) is 26.7 Å². The minimum atomic E-state index is -4.00. The van der Waals surface area contributed by atoms with E-state index >= 15 is 0 Å². The molecule has 0 aliphatic heterocycles. The van der Waals surface area contributed by atoms with Gasteiger partial charge in [0.25, 0.3) is 0 Å². The highest BCUT2D eigenvalue weighted by Crippen LogP contribution is 2.14. The first kappa shape index (κ1) is 17.0. The fourth-order valence-electron chi connectivity index (χ4n) is 1.43. The summed E-state index contributed by atoms with van der Waals surface area (Å²) in [5.41, 5.74) is 0. The number of aliphatic hydroxyl groups excluding tert-OH is 1. The van der Waals surface area contributed by atoms with Crippen LogP contribution in [-0.4, -0.2) is 48.3 Å². The van der Waals surface area contributed by atoms with E-state index in [1.54, 1.807) is 0 Å². The Morgan fingerprint density at radius 3 is 2.40 bits per heavy atom. The van der Waals surface area contributed by atoms with Gasteiger partial charge in [0.05, 0.1) is 29.0 Å². The summed E-state index contributed by atoms with van der Waals surface area (Å²) in [6.07, 6.45) is 0. The van der Waals surface area contributed by atoms with Gasteiger partial charge in [-0.05, 0) is 18.2 Å². The van der Waals surface area contributed by atoms with Gasteiger partial charge >= 0.3 is 0 Å². The summed E-state index contributed by atoms with van der Waals surface area (Å²) < 4.78 is 53.4. The second-order valence-corrected chi connectivity index (χ2v) is 7.25. The number of sulfonamides is 2. The standard InChI is InChI=1S/C10H16N2O6S2/c1-18-7-8(6-13)12-20(16,17)10-4-2-3-9(5-10)19(11,14)15/h2-5,8,12-13H,6-7H2,1H3,(H2,11,14,15). The second-order valence-electron chi connectivity index (χ2n) is 3.98. The summed E-state index contributed by atoms with van der Waals surface area (Å²) in [6.45, 7) is -0.480. The Morgan fingerprint density at radius 1 is 1.30 bits per heavy atom. The Hall–Kier alpha value is -1.04. The molecule has 0 heterocycles. The van der Waals surface area contributed by atoms with E-state index in [9.17, 15) is 16.8 Å². The lowest BCUT2D eigenvalue weighted by Gasteiger charge is -2.15. The molecular weight excluding hydrogens is 308 g/mol. The lowest BCUT2D eigenvalue weighted by atomic mass is 10.4. The number of ether oxygens (including phenoxy) is 1. The van der Waals surface area contributed by atoms with Crippen LogP contribution in [0, 0.1) is 0 Å². The zero-order chi connectivity index (χ0) is 15.4. The molecule has 1 aromatic rings. The van der Waals surface area contributed by atoms with Crippen molar-refractivity contribution in [3.8, 4) is 0 Å². The molecule has 0 bridgehead atoms. The lowest BCUT2D eigenvalue weighted by Crippen LogP contribution is -2.40. The maximum absolute atomic E-state index is 12.0. The molecule has 0 fully saturated rings. The fraction of sp³-hybridized carbons (Fsp3) is 0.400. The largest absolute Gasteiger partial charge is 0.395 e. The van der Waals surface area contributed by atoms with Crippen molar-refractivity contribution in [2.45, 2.75) is 15.8 Å². The molecule has 0 aromatic heterocycles. The van der Waals surface area contributed by atoms with Gasteiger partial charge < -0.3 is 9.84 Å². The third kappa shape index (κ3) is 4.51. The van der Waals surface area contributed by atoms with E-state index in [0.717, 1.165) is 6.07 Å². The first-order valence-electron chi connectivity index (χ1n) is 5.45. The summed E-state index contributed by atoms with van der Waals surface area (Å²) in [4.78, 5) is -0.578. The molecule has 4 N–H and O–H groups in total. The minimum Gasteiger partial charge on any atom is -0.395 e. The molecule has 0 saturated heterocycles. The summed E-state index contributed by atoms with van der Waals surface area (Å²) >= 11 is 0. The van der Waals surface area contributed by atoms with E-state index in [1.165, 1.54) is 25.3 Å². The number of aliphatic hydroxyl groups is 1. The van der Waals surface area contributed by atoms with Gasteiger partial charge in [-0.1, -0.05) is 6.07 Å². The predicted octanol–water partition coefficient (Wildman–Crippen LogP) is -1.38. The van der Waals surface area contributed by atoms with Crippen molar-refractivity contribution < 1.29 is 26.7 Å². The first-order chi connectivity index (χ1) is 9.20. The van der Waals surface area contributed by atoms with E-state index in [1.807, 2.05) is 0 Å². The lowest BCUT2D eigenvalue weighted by molar-refractivity contribution is 0.139. The molecule has 8 nitrogen and oxygen atoms in total. The first-order valence-corrected chi connectivity index (χ1v) is 8.48. The average molecular weight is 324 g/mol. The van der Waals surface area contributed by atoms with Gasteiger partial charge in [-0.15, -0.1) is 0 Å². The highest BCUT2D eigenvalue weighted by molar-refractivity contribution is 7.90. The van der Waals surface area contributed by atoms with Crippen LogP contribution in [0.25, 0.3) is 0 Å². The van der Waals surface area contributed by atoms with Crippen molar-refractivity contribution in [2.75, 3.05) is 20.3 Å². The van der Waals surface area contributed by atoms with Crippen LogP contribution in [-0.2, 0) is 24.8 Å². The van der Waals surface area contributed by atoms with E-state index in [0.29, 0.717) is 0 Å². The molecular formula is C10H16N2O6S2. The van der Waals surface area contributed by atoms with Crippen LogP contribution < -0.4 is 9.86 Å². The van der Waals surface area contributed by atoms with Crippen LogP contribution in [0.2, 0.25) is 0 Å². The van der Waals surface area contributed by atoms with Crippen molar-refractivity contribution >= 4 is 20.0 Å². The van der Waals surface area contributed by atoms with E-state index < -0.39 is 32.7 Å². The average Bonchev–Trinajstić information content (AvgIpc) is 2.37. The Balaban J connectivity index is 3.10. The molecule has 20 heavy (non-hydrogen) atoms. The Labute approximate surface area is 117 Å². The zero-order valence-electron chi connectivity index (χ0n) is 10.7. The van der Waals surface area contributed by atoms with Crippen molar-refractivity contribution in [2.24, 2.45) is 5.14 Å². The van der Waals surface area contributed by atoms with Crippen LogP contribution in [0.15, 0.2) is 34.1 Å². The van der Waals surface area contributed by atoms with Crippen molar-refractivity contribution in [3.05, 3.63) is 24.3 Å². The number of primary sulfonamides is 1. The molecule has 0 spiro atoms. The number of nitrogens with two attached hydrogens (primary N) is 1. The summed E-state index contributed by atoms with van der Waals surface area (Å²) in [7, 11) is -6.62. The molecule has 0 aliphatic rings. The molecule has 1 atom stereocenters. The summed E-state index contributed by atoms with van der Waals surface area (Å²) in [5.74, 6) is 0. The third-order valence-corrected chi connectivity index (χ3v) is 4.78. The number of methoxy groups -OCH3 is 1. The van der Waals surface area contributed by atoms with Crippen molar-refractivity contribution in [1.29, 1.82) is 0 Å². The second kappa shape index (κ2) is 6.61. The van der Waals surface area contributed by atoms with Gasteiger partial charge in [0.2, 0.25) is 20.0 Å². The topological polar surface area (TPSA) is 136 Å². The molecule has 114 valence electrons. The minimum absolute atomic E-state index is 0.0232. The Kier molecular flexibility index (Phi) is 5.62. The predicted molar refractivity (Wildman–Crippen MR) is 70.9 cm³/mol. The Morgan fingerprint density at radius 2 is 1.90 bits per heavy atom. The summed E-state index contributed by atoms with van der Waals surface area (Å²) in [5, 5.41) is 14.0. The normalized spacial score (nSPS) is 14.2. The number of hydrogen-bond donors (Lipinski definition) is 3. The molecule has 0 aliphatic carbocycles. The number of hydrogen-bond acceptors (Lipinski definition) is 6. The molecule has 0 saturated carbocycles. The highest BCUT2D eigenvalue weighted by Gasteiger charge is 2.21. The van der Waals surface area contributed by atoms with Gasteiger partial charge in [0.15, 0.2) is 0 Å². The van der Waals surface area contributed by atoms with Crippen molar-refractivity contribution in [3.63, 3.8) is 0 Å². The molecule has 1 rings (SSSR count). The molecule has 1 aromatic carbocycles. The van der Waals surface area contributed by atoms with Crippen LogP contribution in [0.5, 0.6) is 0 Å². The van der Waals surface area contributed by atoms with Gasteiger partial charge in [0.1, 0.15) is 0 Å². The molecule has 0 amide bonds. The molecule has 0 radical (unpaired) electrons. The number of benzene rings is 1. The quantitative estimate of drug-likeness (QED) is 0.565. The van der Waals surface area contributed by atoms with Gasteiger partial charge in [-0.3, -0.25) is 0 Å². The van der Waals surface area contributed by atoms with Gasteiger partial charge in [0, 0.05) is 7.11 Å². The SMILES string of the molecule is COCC(CO)NS(=O)(=O)c1cccc(S(N)(=O)=O)c1. The van der Waals surface area contributed by atoms with E-state index in [4.69, 9.17) is 15.0 Å². The molecule has 1 unspecified atom stereocenters. The van der Waals surface area contributed by atoms with Crippen LogP contribution in [0.3, 0.4) is 0 Å². The highest BCUT2D eigenvalue weighted by atomic mass is 32.2. The summed E-state index contributed by atoms with van der Waals surface area (Å²) in [6, 6.07) is 3.78. The maximum atomic E-state index is 12.0. The van der Waals surface area contributed by atoms with Gasteiger partial charge in [-0.2, -0.15) is 0 Å². The smallest absolute Gasteiger partial charge is 0.241 e. The monoisotopic (exact) mass is 324 g/mol. The fourth-order valence-corrected chi connectivity index (χ4v) is 3.32. The Bertz CT molecular complexity index is 656. The molecule has 10 heteroatoms. The van der Waals surface area contributed by atoms with Crippen LogP contribution >= 0.6 is 0 Å². The number of rotatable bonds is 7. The zero-order valence-corrected chi connectivity index (χ0v) is 12.3. The van der Waals surface area contributed by atoms with E-state index in [-0.39, 0.29) is 16.4 Å². The third-order valence-electron chi connectivity index (χ3n) is 2.35. The van der Waals surface area contributed by atoms with E-state index in [2.05, 4.69) is 4.72 Å². The maximum Gasteiger partial charge on any atom is 0.241 e.